The van der Waals surface area contributed by atoms with Crippen LogP contribution in [0, 0.1) is 0 Å². The Hall–Kier alpha value is -2.34. The summed E-state index contributed by atoms with van der Waals surface area (Å²) < 4.78 is 32.1. The van der Waals surface area contributed by atoms with Gasteiger partial charge < -0.3 is 4.42 Å². The van der Waals surface area contributed by atoms with Gasteiger partial charge in [0.1, 0.15) is 5.52 Å². The molecule has 6 heteroatoms. The van der Waals surface area contributed by atoms with Gasteiger partial charge in [-0.25, -0.2) is 13.4 Å². The van der Waals surface area contributed by atoms with Gasteiger partial charge in [-0.05, 0) is 31.2 Å². The van der Waals surface area contributed by atoms with E-state index in [-0.39, 0.29) is 4.90 Å². The van der Waals surface area contributed by atoms with E-state index in [0.717, 1.165) is 0 Å². The lowest BCUT2D eigenvalue weighted by molar-refractivity contribution is 0.588. The predicted octanol–water partition coefficient (Wildman–Crippen LogP) is 3.04. The van der Waals surface area contributed by atoms with Crippen molar-refractivity contribution in [1.29, 1.82) is 0 Å². The Morgan fingerprint density at radius 3 is 2.62 bits per heavy atom. The summed E-state index contributed by atoms with van der Waals surface area (Å²) >= 11 is 0. The van der Waals surface area contributed by atoms with E-state index in [0.29, 0.717) is 23.3 Å². The number of para-hydroxylation sites is 1. The molecule has 0 saturated heterocycles. The molecule has 0 saturated carbocycles. The van der Waals surface area contributed by atoms with E-state index in [1.165, 1.54) is 16.8 Å². The highest BCUT2D eigenvalue weighted by molar-refractivity contribution is 7.92. The summed E-state index contributed by atoms with van der Waals surface area (Å²) in [7, 11) is -3.63. The van der Waals surface area contributed by atoms with Crippen molar-refractivity contribution in [3.63, 3.8) is 0 Å². The van der Waals surface area contributed by atoms with E-state index >= 15 is 0 Å². The second kappa shape index (κ2) is 5.21. The highest BCUT2D eigenvalue weighted by Crippen LogP contribution is 2.25. The van der Waals surface area contributed by atoms with Crippen LogP contribution in [0.15, 0.2) is 64.2 Å². The lowest BCUT2D eigenvalue weighted by Crippen LogP contribution is -2.30. The Labute approximate surface area is 122 Å². The van der Waals surface area contributed by atoms with Gasteiger partial charge in [0.05, 0.1) is 10.6 Å². The smallest absolute Gasteiger partial charge is 0.264 e. The van der Waals surface area contributed by atoms with Crippen molar-refractivity contribution in [3.05, 3.63) is 54.9 Å². The summed E-state index contributed by atoms with van der Waals surface area (Å²) in [6.45, 7) is 2.15. The number of hydrogen-bond donors (Lipinski definition) is 0. The first-order valence-corrected chi connectivity index (χ1v) is 7.98. The third kappa shape index (κ3) is 2.38. The van der Waals surface area contributed by atoms with Crippen LogP contribution in [0.2, 0.25) is 0 Å². The number of aromatic nitrogens is 1. The van der Waals surface area contributed by atoms with Crippen LogP contribution in [-0.2, 0) is 10.0 Å². The second-order valence-electron chi connectivity index (χ2n) is 4.49. The minimum Gasteiger partial charge on any atom is -0.443 e. The van der Waals surface area contributed by atoms with Crippen LogP contribution in [0.1, 0.15) is 6.92 Å². The summed E-state index contributed by atoms with van der Waals surface area (Å²) in [5.41, 5.74) is 1.73. The molecule has 0 N–H and O–H groups in total. The Balaban J connectivity index is 2.09. The second-order valence-corrected chi connectivity index (χ2v) is 6.35. The van der Waals surface area contributed by atoms with Crippen LogP contribution < -0.4 is 4.31 Å². The number of anilines is 1. The van der Waals surface area contributed by atoms with Gasteiger partial charge in [0.15, 0.2) is 12.0 Å². The van der Waals surface area contributed by atoms with E-state index in [4.69, 9.17) is 4.42 Å². The van der Waals surface area contributed by atoms with Gasteiger partial charge in [0.2, 0.25) is 0 Å². The van der Waals surface area contributed by atoms with Crippen molar-refractivity contribution in [1.82, 2.24) is 4.98 Å². The van der Waals surface area contributed by atoms with Crippen molar-refractivity contribution in [2.75, 3.05) is 10.8 Å². The van der Waals surface area contributed by atoms with Gasteiger partial charge in [-0.2, -0.15) is 0 Å². The maximum Gasteiger partial charge on any atom is 0.264 e. The third-order valence-electron chi connectivity index (χ3n) is 3.22. The molecule has 3 rings (SSSR count). The van der Waals surface area contributed by atoms with E-state index < -0.39 is 10.0 Å². The molecule has 0 aliphatic carbocycles. The molecule has 5 nitrogen and oxygen atoms in total. The molecule has 0 atom stereocenters. The standard InChI is InChI=1S/C15H14N2O3S/c1-2-17(12-6-4-3-5-7-12)21(18,19)13-8-9-14-15(10-13)20-11-16-14/h3-11H,2H2,1H3. The van der Waals surface area contributed by atoms with Gasteiger partial charge in [0.25, 0.3) is 10.0 Å². The van der Waals surface area contributed by atoms with Crippen LogP contribution in [0.3, 0.4) is 0 Å². The minimum absolute atomic E-state index is 0.192. The zero-order chi connectivity index (χ0) is 14.9. The van der Waals surface area contributed by atoms with Crippen molar-refractivity contribution in [2.45, 2.75) is 11.8 Å². The summed E-state index contributed by atoms with van der Waals surface area (Å²) in [6.07, 6.45) is 1.30. The fourth-order valence-electron chi connectivity index (χ4n) is 2.21. The molecule has 21 heavy (non-hydrogen) atoms. The monoisotopic (exact) mass is 302 g/mol. The first-order chi connectivity index (χ1) is 10.1. The lowest BCUT2D eigenvalue weighted by Gasteiger charge is -2.22. The number of sulfonamides is 1. The molecule has 2 aromatic carbocycles. The average molecular weight is 302 g/mol. The Morgan fingerprint density at radius 1 is 1.14 bits per heavy atom. The normalized spacial score (nSPS) is 11.7. The van der Waals surface area contributed by atoms with E-state index in [1.807, 2.05) is 18.2 Å². The van der Waals surface area contributed by atoms with Crippen molar-refractivity contribution < 1.29 is 12.8 Å². The van der Waals surface area contributed by atoms with Gasteiger partial charge >= 0.3 is 0 Å². The fraction of sp³-hybridized carbons (Fsp3) is 0.133. The summed E-state index contributed by atoms with van der Waals surface area (Å²) in [5.74, 6) is 0. The van der Waals surface area contributed by atoms with E-state index in [9.17, 15) is 8.42 Å². The number of benzene rings is 2. The highest BCUT2D eigenvalue weighted by atomic mass is 32.2. The predicted molar refractivity (Wildman–Crippen MR) is 80.7 cm³/mol. The zero-order valence-electron chi connectivity index (χ0n) is 11.4. The Kier molecular flexibility index (Phi) is 3.39. The minimum atomic E-state index is -3.63. The maximum atomic E-state index is 12.8. The van der Waals surface area contributed by atoms with E-state index in [2.05, 4.69) is 4.98 Å². The van der Waals surface area contributed by atoms with Crippen LogP contribution in [-0.4, -0.2) is 19.9 Å². The number of nitrogens with zero attached hydrogens (tertiary/aromatic N) is 2. The molecule has 1 heterocycles. The van der Waals surface area contributed by atoms with Crippen molar-refractivity contribution in [3.8, 4) is 0 Å². The van der Waals surface area contributed by atoms with Crippen molar-refractivity contribution >= 4 is 26.8 Å². The van der Waals surface area contributed by atoms with Gasteiger partial charge in [-0.3, -0.25) is 4.31 Å². The lowest BCUT2D eigenvalue weighted by atomic mass is 10.3. The largest absolute Gasteiger partial charge is 0.443 e. The number of oxazole rings is 1. The molecular weight excluding hydrogens is 288 g/mol. The molecule has 0 aliphatic rings. The number of fused-ring (bicyclic) bond motifs is 1. The first kappa shape index (κ1) is 13.6. The summed E-state index contributed by atoms with van der Waals surface area (Å²) in [4.78, 5) is 4.18. The Bertz CT molecular complexity index is 857. The molecule has 0 radical (unpaired) electrons. The molecule has 0 unspecified atom stereocenters. The number of hydrogen-bond acceptors (Lipinski definition) is 4. The van der Waals surface area contributed by atoms with Crippen LogP contribution >= 0.6 is 0 Å². The molecule has 0 aliphatic heterocycles. The van der Waals surface area contributed by atoms with Crippen LogP contribution in [0.25, 0.3) is 11.1 Å². The molecule has 0 fully saturated rings. The highest BCUT2D eigenvalue weighted by Gasteiger charge is 2.24. The van der Waals surface area contributed by atoms with Gasteiger partial charge in [0, 0.05) is 12.6 Å². The average Bonchev–Trinajstić information content (AvgIpc) is 2.96. The van der Waals surface area contributed by atoms with Gasteiger partial charge in [-0.1, -0.05) is 18.2 Å². The van der Waals surface area contributed by atoms with Crippen LogP contribution in [0.5, 0.6) is 0 Å². The molecule has 3 aromatic rings. The number of rotatable bonds is 4. The topological polar surface area (TPSA) is 63.4 Å². The molecule has 0 bridgehead atoms. The molecule has 0 spiro atoms. The first-order valence-electron chi connectivity index (χ1n) is 6.54. The molecule has 108 valence electrons. The zero-order valence-corrected chi connectivity index (χ0v) is 12.2. The molecular formula is C15H14N2O3S. The fourth-order valence-corrected chi connectivity index (χ4v) is 3.70. The summed E-state index contributed by atoms with van der Waals surface area (Å²) in [6, 6.07) is 13.7. The van der Waals surface area contributed by atoms with Crippen LogP contribution in [0.4, 0.5) is 5.69 Å². The maximum absolute atomic E-state index is 12.8. The SMILES string of the molecule is CCN(c1ccccc1)S(=O)(=O)c1ccc2ncoc2c1. The van der Waals surface area contributed by atoms with Crippen molar-refractivity contribution in [2.24, 2.45) is 0 Å². The molecule has 0 amide bonds. The quantitative estimate of drug-likeness (QED) is 0.743. The molecule has 1 aromatic heterocycles. The third-order valence-corrected chi connectivity index (χ3v) is 5.12. The van der Waals surface area contributed by atoms with Gasteiger partial charge in [-0.15, -0.1) is 0 Å². The van der Waals surface area contributed by atoms with E-state index in [1.54, 1.807) is 31.2 Å². The Morgan fingerprint density at radius 2 is 1.90 bits per heavy atom. The summed E-state index contributed by atoms with van der Waals surface area (Å²) in [5, 5.41) is 0.